The second kappa shape index (κ2) is 10.5. The van der Waals surface area contributed by atoms with Crippen molar-refractivity contribution in [2.75, 3.05) is 11.9 Å². The number of anilines is 1. The van der Waals surface area contributed by atoms with E-state index in [0.717, 1.165) is 11.3 Å². The van der Waals surface area contributed by atoms with Crippen molar-refractivity contribution in [2.45, 2.75) is 19.8 Å². The Bertz CT molecular complexity index is 823. The van der Waals surface area contributed by atoms with Gasteiger partial charge in [-0.3, -0.25) is 9.59 Å². The first-order chi connectivity index (χ1) is 13.0. The molecule has 0 unspecified atom stereocenters. The predicted molar refractivity (Wildman–Crippen MR) is 108 cm³/mol. The molecule has 0 atom stereocenters. The van der Waals surface area contributed by atoms with Crippen molar-refractivity contribution in [3.8, 4) is 5.75 Å². The van der Waals surface area contributed by atoms with Gasteiger partial charge in [-0.25, -0.2) is 5.43 Å². The Morgan fingerprint density at radius 1 is 1.07 bits per heavy atom. The summed E-state index contributed by atoms with van der Waals surface area (Å²) in [6.45, 7) is 2.51. The maximum Gasteiger partial charge on any atom is 0.240 e. The van der Waals surface area contributed by atoms with Gasteiger partial charge in [0.05, 0.1) is 23.5 Å². The molecule has 0 spiro atoms. The predicted octanol–water partition coefficient (Wildman–Crippen LogP) is 4.26. The van der Waals surface area contributed by atoms with Crippen LogP contribution in [-0.2, 0) is 9.59 Å². The van der Waals surface area contributed by atoms with Crippen molar-refractivity contribution in [3.05, 3.63) is 58.1 Å². The van der Waals surface area contributed by atoms with E-state index < -0.39 is 0 Å². The Balaban J connectivity index is 1.74. The topological polar surface area (TPSA) is 79.8 Å². The molecule has 0 saturated heterocycles. The molecule has 0 aliphatic rings. The number of hydrogen-bond acceptors (Lipinski definition) is 4. The van der Waals surface area contributed by atoms with E-state index in [0.29, 0.717) is 22.3 Å². The zero-order valence-corrected chi connectivity index (χ0v) is 16.2. The Kier molecular flexibility index (Phi) is 8.10. The van der Waals surface area contributed by atoms with Crippen LogP contribution in [-0.4, -0.2) is 24.6 Å². The summed E-state index contributed by atoms with van der Waals surface area (Å²) < 4.78 is 5.35. The lowest BCUT2D eigenvalue weighted by Crippen LogP contribution is -2.20. The molecule has 2 aromatic carbocycles. The third kappa shape index (κ3) is 7.29. The van der Waals surface area contributed by atoms with Gasteiger partial charge in [0.2, 0.25) is 11.8 Å². The van der Waals surface area contributed by atoms with Gasteiger partial charge in [-0.05, 0) is 55.0 Å². The molecule has 2 amide bonds. The average Bonchev–Trinajstić information content (AvgIpc) is 2.64. The van der Waals surface area contributed by atoms with Crippen molar-refractivity contribution in [1.82, 2.24) is 5.43 Å². The van der Waals surface area contributed by atoms with Gasteiger partial charge < -0.3 is 10.1 Å². The quantitative estimate of drug-likeness (QED) is 0.506. The van der Waals surface area contributed by atoms with Crippen LogP contribution in [0.3, 0.4) is 0 Å². The highest BCUT2D eigenvalue weighted by molar-refractivity contribution is 6.36. The minimum atomic E-state index is -0.366. The van der Waals surface area contributed by atoms with E-state index in [9.17, 15) is 9.59 Å². The highest BCUT2D eigenvalue weighted by Gasteiger charge is 2.09. The van der Waals surface area contributed by atoms with Crippen LogP contribution in [0.5, 0.6) is 5.75 Å². The van der Waals surface area contributed by atoms with E-state index in [4.69, 9.17) is 27.9 Å². The summed E-state index contributed by atoms with van der Waals surface area (Å²) in [5.41, 5.74) is 3.64. The smallest absolute Gasteiger partial charge is 0.240 e. The van der Waals surface area contributed by atoms with Crippen molar-refractivity contribution >= 4 is 46.9 Å². The normalized spacial score (nSPS) is 10.6. The lowest BCUT2D eigenvalue weighted by Gasteiger charge is -2.07. The summed E-state index contributed by atoms with van der Waals surface area (Å²) in [7, 11) is 0. The molecule has 0 aromatic heterocycles. The molecule has 0 bridgehead atoms. The zero-order chi connectivity index (χ0) is 19.6. The lowest BCUT2D eigenvalue weighted by atomic mass is 10.2. The largest absolute Gasteiger partial charge is 0.494 e. The third-order valence-corrected chi connectivity index (χ3v) is 3.93. The number of halogens is 2. The molecule has 0 saturated carbocycles. The zero-order valence-electron chi connectivity index (χ0n) is 14.7. The van der Waals surface area contributed by atoms with E-state index >= 15 is 0 Å². The van der Waals surface area contributed by atoms with Crippen LogP contribution < -0.4 is 15.5 Å². The molecule has 0 aliphatic heterocycles. The van der Waals surface area contributed by atoms with Crippen molar-refractivity contribution in [2.24, 2.45) is 5.10 Å². The Labute approximate surface area is 167 Å². The van der Waals surface area contributed by atoms with Gasteiger partial charge in [-0.2, -0.15) is 5.10 Å². The van der Waals surface area contributed by atoms with E-state index in [2.05, 4.69) is 15.8 Å². The number of benzene rings is 2. The van der Waals surface area contributed by atoms with Gasteiger partial charge in [-0.1, -0.05) is 23.2 Å². The van der Waals surface area contributed by atoms with Crippen LogP contribution in [0.1, 0.15) is 25.3 Å². The molecule has 0 fully saturated rings. The number of nitrogens with zero attached hydrogens (tertiary/aromatic N) is 1. The molecule has 0 radical (unpaired) electrons. The molecule has 8 heteroatoms. The second-order valence-electron chi connectivity index (χ2n) is 5.47. The van der Waals surface area contributed by atoms with E-state index in [1.165, 1.54) is 12.3 Å². The number of carbonyl (C=O) groups excluding carboxylic acids is 2. The average molecular weight is 408 g/mol. The molecule has 2 aromatic rings. The summed E-state index contributed by atoms with van der Waals surface area (Å²) in [5, 5.41) is 7.31. The number of rotatable bonds is 8. The molecule has 0 aliphatic carbocycles. The monoisotopic (exact) mass is 407 g/mol. The van der Waals surface area contributed by atoms with Crippen LogP contribution in [0.15, 0.2) is 47.6 Å². The highest BCUT2D eigenvalue weighted by Crippen LogP contribution is 2.25. The second-order valence-corrected chi connectivity index (χ2v) is 6.31. The van der Waals surface area contributed by atoms with E-state index in [1.54, 1.807) is 12.1 Å². The first-order valence-corrected chi connectivity index (χ1v) is 9.03. The van der Waals surface area contributed by atoms with Crippen LogP contribution in [0.25, 0.3) is 0 Å². The molecular weight excluding hydrogens is 389 g/mol. The third-order valence-electron chi connectivity index (χ3n) is 3.38. The molecule has 2 N–H and O–H groups in total. The lowest BCUT2D eigenvalue weighted by molar-refractivity contribution is -0.124. The van der Waals surface area contributed by atoms with Crippen LogP contribution in [0.4, 0.5) is 5.69 Å². The molecule has 6 nitrogen and oxygen atoms in total. The summed E-state index contributed by atoms with van der Waals surface area (Å²) in [4.78, 5) is 23.7. The minimum Gasteiger partial charge on any atom is -0.494 e. The van der Waals surface area contributed by atoms with Gasteiger partial charge in [0.25, 0.3) is 0 Å². The maximum atomic E-state index is 11.9. The SMILES string of the molecule is CCOc1ccc(C=NNC(=O)CCC(=O)Nc2ccc(Cl)cc2Cl)cc1. The van der Waals surface area contributed by atoms with Gasteiger partial charge in [0.1, 0.15) is 5.75 Å². The van der Waals surface area contributed by atoms with Crippen LogP contribution in [0, 0.1) is 0 Å². The van der Waals surface area contributed by atoms with Crippen LogP contribution in [0.2, 0.25) is 10.0 Å². The van der Waals surface area contributed by atoms with E-state index in [1.807, 2.05) is 31.2 Å². The maximum absolute atomic E-state index is 11.9. The van der Waals surface area contributed by atoms with Gasteiger partial charge in [-0.15, -0.1) is 0 Å². The molecule has 142 valence electrons. The van der Waals surface area contributed by atoms with Crippen molar-refractivity contribution in [3.63, 3.8) is 0 Å². The summed E-state index contributed by atoms with van der Waals surface area (Å²) in [6.07, 6.45) is 1.52. The number of nitrogens with one attached hydrogen (secondary N) is 2. The summed E-state index contributed by atoms with van der Waals surface area (Å²) >= 11 is 11.8. The fraction of sp³-hybridized carbons (Fsp3) is 0.211. The van der Waals surface area contributed by atoms with Crippen molar-refractivity contribution < 1.29 is 14.3 Å². The van der Waals surface area contributed by atoms with Crippen molar-refractivity contribution in [1.29, 1.82) is 0 Å². The Morgan fingerprint density at radius 3 is 2.44 bits per heavy atom. The first kappa shape index (κ1) is 20.7. The molecule has 0 heterocycles. The summed E-state index contributed by atoms with van der Waals surface area (Å²) in [6, 6.07) is 12.0. The molecule has 27 heavy (non-hydrogen) atoms. The highest BCUT2D eigenvalue weighted by atomic mass is 35.5. The number of carbonyl (C=O) groups is 2. The Morgan fingerprint density at radius 2 is 1.78 bits per heavy atom. The number of ether oxygens (including phenoxy) is 1. The first-order valence-electron chi connectivity index (χ1n) is 8.27. The van der Waals surface area contributed by atoms with E-state index in [-0.39, 0.29) is 24.7 Å². The minimum absolute atomic E-state index is 0.00232. The van der Waals surface area contributed by atoms with Crippen LogP contribution >= 0.6 is 23.2 Å². The molecular formula is C19H19Cl2N3O3. The Hall–Kier alpha value is -2.57. The van der Waals surface area contributed by atoms with Gasteiger partial charge in [0, 0.05) is 17.9 Å². The fourth-order valence-corrected chi connectivity index (χ4v) is 2.54. The number of hydrazone groups is 1. The number of amides is 2. The fourth-order valence-electron chi connectivity index (χ4n) is 2.08. The van der Waals surface area contributed by atoms with Gasteiger partial charge >= 0.3 is 0 Å². The standard InChI is InChI=1S/C19H19Cl2N3O3/c1-2-27-15-6-3-13(4-7-15)12-22-24-19(26)10-9-18(25)23-17-8-5-14(20)11-16(17)21/h3-8,11-12H,2,9-10H2,1H3,(H,23,25)(H,24,26). The summed E-state index contributed by atoms with van der Waals surface area (Å²) in [5.74, 6) is 0.0740. The number of hydrogen-bond donors (Lipinski definition) is 2. The van der Waals surface area contributed by atoms with Gasteiger partial charge in [0.15, 0.2) is 0 Å². The molecule has 2 rings (SSSR count).